The van der Waals surface area contributed by atoms with Gasteiger partial charge >= 0.3 is 5.97 Å². The molecule has 0 saturated heterocycles. The quantitative estimate of drug-likeness (QED) is 0.585. The predicted octanol–water partition coefficient (Wildman–Crippen LogP) is 2.26. The van der Waals surface area contributed by atoms with Crippen molar-refractivity contribution >= 4 is 18.4 Å². The molecule has 0 saturated carbocycles. The van der Waals surface area contributed by atoms with Crippen LogP contribution < -0.4 is 5.30 Å². The van der Waals surface area contributed by atoms with Crippen molar-refractivity contribution in [2.45, 2.75) is 12.8 Å². The lowest BCUT2D eigenvalue weighted by molar-refractivity contribution is -0.140. The van der Waals surface area contributed by atoms with Gasteiger partial charge < -0.3 is 9.30 Å². The van der Waals surface area contributed by atoms with Gasteiger partial charge in [0.25, 0.3) is 0 Å². The van der Waals surface area contributed by atoms with Crippen molar-refractivity contribution in [2.75, 3.05) is 19.9 Å². The maximum absolute atomic E-state index is 12.3. The molecule has 3 nitrogen and oxygen atoms in total. The number of carbonyl (C=O) groups is 1. The van der Waals surface area contributed by atoms with E-state index < -0.39 is 7.14 Å². The molecule has 0 aromatic heterocycles. The van der Waals surface area contributed by atoms with Gasteiger partial charge in [0.1, 0.15) is 7.14 Å². The molecule has 1 atom stereocenters. The van der Waals surface area contributed by atoms with Crippen LogP contribution in [0.15, 0.2) is 30.3 Å². The molecule has 1 rings (SSSR count). The molecular formula is C12H17O3P. The third-order valence-electron chi connectivity index (χ3n) is 2.50. The molecule has 0 heterocycles. The van der Waals surface area contributed by atoms with Gasteiger partial charge in [-0.2, -0.15) is 0 Å². The molecule has 0 bridgehead atoms. The fourth-order valence-electron chi connectivity index (χ4n) is 1.50. The zero-order valence-corrected chi connectivity index (χ0v) is 10.6. The second-order valence-electron chi connectivity index (χ2n) is 3.84. The van der Waals surface area contributed by atoms with Crippen LogP contribution in [0.25, 0.3) is 0 Å². The SMILES string of the molecule is COC(=O)CCCP(C)(=O)c1ccccc1. The first-order valence-electron chi connectivity index (χ1n) is 5.25. The molecule has 0 radical (unpaired) electrons. The second kappa shape index (κ2) is 5.86. The minimum atomic E-state index is -2.32. The van der Waals surface area contributed by atoms with E-state index in [0.29, 0.717) is 19.0 Å². The van der Waals surface area contributed by atoms with Gasteiger partial charge in [0.15, 0.2) is 0 Å². The van der Waals surface area contributed by atoms with E-state index in [4.69, 9.17) is 0 Å². The van der Waals surface area contributed by atoms with E-state index in [1.165, 1.54) is 7.11 Å². The molecule has 0 spiro atoms. The van der Waals surface area contributed by atoms with E-state index in [2.05, 4.69) is 4.74 Å². The summed E-state index contributed by atoms with van der Waals surface area (Å²) in [7, 11) is -0.953. The fourth-order valence-corrected chi connectivity index (χ4v) is 3.32. The smallest absolute Gasteiger partial charge is 0.305 e. The Labute approximate surface area is 96.2 Å². The van der Waals surface area contributed by atoms with Gasteiger partial charge in [0.05, 0.1) is 7.11 Å². The zero-order chi connectivity index (χ0) is 12.0. The molecule has 0 aliphatic heterocycles. The summed E-state index contributed by atoms with van der Waals surface area (Å²) in [5.74, 6) is -0.243. The highest BCUT2D eigenvalue weighted by Crippen LogP contribution is 2.40. The van der Waals surface area contributed by atoms with Crippen LogP contribution in [0.3, 0.4) is 0 Å². The molecule has 0 aliphatic carbocycles. The molecule has 0 amide bonds. The summed E-state index contributed by atoms with van der Waals surface area (Å²) in [4.78, 5) is 10.9. The standard InChI is InChI=1S/C12H17O3P/c1-15-12(13)9-6-10-16(2,14)11-7-4-3-5-8-11/h3-5,7-8H,6,9-10H2,1-2H3. The Bertz CT molecular complexity index is 387. The first-order valence-corrected chi connectivity index (χ1v) is 7.59. The highest BCUT2D eigenvalue weighted by atomic mass is 31.2. The Morgan fingerprint density at radius 2 is 1.94 bits per heavy atom. The third-order valence-corrected chi connectivity index (χ3v) is 5.06. The van der Waals surface area contributed by atoms with Crippen molar-refractivity contribution in [3.8, 4) is 0 Å². The highest BCUT2D eigenvalue weighted by Gasteiger charge is 2.17. The number of hydrogen-bond donors (Lipinski definition) is 0. The van der Waals surface area contributed by atoms with Gasteiger partial charge in [0.2, 0.25) is 0 Å². The lowest BCUT2D eigenvalue weighted by Crippen LogP contribution is -2.08. The summed E-state index contributed by atoms with van der Waals surface area (Å²) in [6, 6.07) is 9.41. The third kappa shape index (κ3) is 3.82. The Morgan fingerprint density at radius 1 is 1.31 bits per heavy atom. The predicted molar refractivity (Wildman–Crippen MR) is 65.7 cm³/mol. The summed E-state index contributed by atoms with van der Waals surface area (Å²) >= 11 is 0. The number of rotatable bonds is 5. The van der Waals surface area contributed by atoms with E-state index >= 15 is 0 Å². The minimum Gasteiger partial charge on any atom is -0.469 e. The lowest BCUT2D eigenvalue weighted by Gasteiger charge is -2.12. The number of benzene rings is 1. The van der Waals surface area contributed by atoms with Crippen molar-refractivity contribution < 1.29 is 14.1 Å². The monoisotopic (exact) mass is 240 g/mol. The summed E-state index contributed by atoms with van der Waals surface area (Å²) < 4.78 is 16.9. The molecular weight excluding hydrogens is 223 g/mol. The Hall–Kier alpha value is -1.08. The molecule has 88 valence electrons. The van der Waals surface area contributed by atoms with Crippen LogP contribution in [-0.4, -0.2) is 25.9 Å². The summed E-state index contributed by atoms with van der Waals surface area (Å²) in [5.41, 5.74) is 0. The number of carbonyl (C=O) groups excluding carboxylic acids is 1. The van der Waals surface area contributed by atoms with Crippen molar-refractivity contribution in [3.05, 3.63) is 30.3 Å². The summed E-state index contributed by atoms with van der Waals surface area (Å²) in [6.45, 7) is 1.76. The van der Waals surface area contributed by atoms with Crippen molar-refractivity contribution in [1.82, 2.24) is 0 Å². The molecule has 16 heavy (non-hydrogen) atoms. The van der Waals surface area contributed by atoms with Crippen molar-refractivity contribution in [1.29, 1.82) is 0 Å². The first-order chi connectivity index (χ1) is 7.56. The summed E-state index contributed by atoms with van der Waals surface area (Å²) in [6.07, 6.45) is 1.49. The Balaban J connectivity index is 2.53. The lowest BCUT2D eigenvalue weighted by atomic mass is 10.3. The fraction of sp³-hybridized carbons (Fsp3) is 0.417. The van der Waals surface area contributed by atoms with Crippen LogP contribution >= 0.6 is 7.14 Å². The van der Waals surface area contributed by atoms with Crippen LogP contribution in [0.2, 0.25) is 0 Å². The van der Waals surface area contributed by atoms with Crippen molar-refractivity contribution in [2.24, 2.45) is 0 Å². The first kappa shape index (κ1) is 13.0. The largest absolute Gasteiger partial charge is 0.469 e. The normalized spacial score (nSPS) is 14.1. The van der Waals surface area contributed by atoms with Gasteiger partial charge in [-0.1, -0.05) is 30.3 Å². The van der Waals surface area contributed by atoms with Crippen molar-refractivity contribution in [3.63, 3.8) is 0 Å². The van der Waals surface area contributed by atoms with E-state index in [9.17, 15) is 9.36 Å². The average Bonchev–Trinajstić information content (AvgIpc) is 2.30. The van der Waals surface area contributed by atoms with Gasteiger partial charge in [-0.25, -0.2) is 0 Å². The average molecular weight is 240 g/mol. The van der Waals surface area contributed by atoms with E-state index in [0.717, 1.165) is 5.30 Å². The number of esters is 1. The topological polar surface area (TPSA) is 43.4 Å². The van der Waals surface area contributed by atoms with Crippen LogP contribution in [0.5, 0.6) is 0 Å². The van der Waals surface area contributed by atoms with Crippen LogP contribution in [0.4, 0.5) is 0 Å². The molecule has 0 aliphatic rings. The van der Waals surface area contributed by atoms with E-state index in [-0.39, 0.29) is 5.97 Å². The summed E-state index contributed by atoms with van der Waals surface area (Å²) in [5, 5.41) is 0.875. The van der Waals surface area contributed by atoms with Gasteiger partial charge in [-0.15, -0.1) is 0 Å². The molecule has 0 N–H and O–H groups in total. The van der Waals surface area contributed by atoms with Gasteiger partial charge in [0, 0.05) is 17.9 Å². The number of ether oxygens (including phenoxy) is 1. The Kier molecular flexibility index (Phi) is 4.75. The van der Waals surface area contributed by atoms with E-state index in [1.807, 2.05) is 30.3 Å². The number of hydrogen-bond acceptors (Lipinski definition) is 3. The molecule has 0 fully saturated rings. The molecule has 1 aromatic carbocycles. The van der Waals surface area contributed by atoms with Gasteiger partial charge in [-0.05, 0) is 13.1 Å². The number of methoxy groups -OCH3 is 1. The Morgan fingerprint density at radius 3 is 2.50 bits per heavy atom. The molecule has 1 aromatic rings. The minimum absolute atomic E-state index is 0.243. The van der Waals surface area contributed by atoms with Gasteiger partial charge in [-0.3, -0.25) is 4.79 Å². The molecule has 4 heteroatoms. The maximum Gasteiger partial charge on any atom is 0.305 e. The van der Waals surface area contributed by atoms with Crippen LogP contribution in [-0.2, 0) is 14.1 Å². The van der Waals surface area contributed by atoms with Crippen LogP contribution in [0.1, 0.15) is 12.8 Å². The van der Waals surface area contributed by atoms with Crippen LogP contribution in [0, 0.1) is 0 Å². The van der Waals surface area contributed by atoms with E-state index in [1.54, 1.807) is 6.66 Å². The maximum atomic E-state index is 12.3. The second-order valence-corrected chi connectivity index (χ2v) is 7.01. The highest BCUT2D eigenvalue weighted by molar-refractivity contribution is 7.70. The molecule has 1 unspecified atom stereocenters. The zero-order valence-electron chi connectivity index (χ0n) is 9.68.